The predicted molar refractivity (Wildman–Crippen MR) is 107 cm³/mol. The molecule has 0 unspecified atom stereocenters. The SMILES string of the molecule is CC(C)CN(C[C@@H](O)[C@H](Cc1ccccc1)NO)S(=O)(=O)c1ccc(O)cc1. The molecule has 0 radical (unpaired) electrons. The van der Waals surface area contributed by atoms with Gasteiger partial charge < -0.3 is 15.4 Å². The first-order valence-electron chi connectivity index (χ1n) is 9.14. The van der Waals surface area contributed by atoms with Crippen molar-refractivity contribution in [3.8, 4) is 5.75 Å². The first kappa shape index (κ1) is 22.3. The smallest absolute Gasteiger partial charge is 0.243 e. The largest absolute Gasteiger partial charge is 0.508 e. The number of rotatable bonds is 10. The minimum absolute atomic E-state index is 0.0261. The Morgan fingerprint density at radius 1 is 1.00 bits per heavy atom. The Labute approximate surface area is 166 Å². The van der Waals surface area contributed by atoms with Gasteiger partial charge in [-0.3, -0.25) is 0 Å². The maximum absolute atomic E-state index is 13.0. The average molecular weight is 409 g/mol. The molecular formula is C20H28N2O5S. The van der Waals surface area contributed by atoms with E-state index >= 15 is 0 Å². The first-order valence-corrected chi connectivity index (χ1v) is 10.6. The molecule has 0 aliphatic carbocycles. The standard InChI is InChI=1S/C20H28N2O5S/c1-15(2)13-22(28(26,27)18-10-8-17(23)9-11-18)14-20(24)19(21-25)12-16-6-4-3-5-7-16/h3-11,15,19-21,23-25H,12-14H2,1-2H3/t19-,20+/m0/s1. The van der Waals surface area contributed by atoms with Gasteiger partial charge in [-0.05, 0) is 42.2 Å². The lowest BCUT2D eigenvalue weighted by Crippen LogP contribution is -2.48. The number of phenolic OH excluding ortho intramolecular Hbond substituents is 1. The normalized spacial score (nSPS) is 14.4. The van der Waals surface area contributed by atoms with Crippen molar-refractivity contribution in [1.29, 1.82) is 0 Å². The molecule has 0 spiro atoms. The number of hydrogen-bond donors (Lipinski definition) is 4. The lowest BCUT2D eigenvalue weighted by atomic mass is 10.0. The second-order valence-corrected chi connectivity index (χ2v) is 9.14. The molecular weight excluding hydrogens is 380 g/mol. The van der Waals surface area contributed by atoms with Crippen molar-refractivity contribution in [3.63, 3.8) is 0 Å². The van der Waals surface area contributed by atoms with Gasteiger partial charge in [-0.15, -0.1) is 0 Å². The molecule has 0 aliphatic heterocycles. The van der Waals surface area contributed by atoms with Gasteiger partial charge in [-0.1, -0.05) is 44.2 Å². The Morgan fingerprint density at radius 3 is 2.14 bits per heavy atom. The molecule has 2 atom stereocenters. The first-order chi connectivity index (χ1) is 13.2. The molecule has 154 valence electrons. The highest BCUT2D eigenvalue weighted by Gasteiger charge is 2.30. The molecule has 0 heterocycles. The van der Waals surface area contributed by atoms with Crippen LogP contribution in [-0.2, 0) is 16.4 Å². The van der Waals surface area contributed by atoms with Gasteiger partial charge in [-0.2, -0.15) is 9.79 Å². The summed E-state index contributed by atoms with van der Waals surface area (Å²) in [6.07, 6.45) is -0.788. The number of nitrogens with one attached hydrogen (secondary N) is 1. The molecule has 0 aromatic heterocycles. The molecule has 7 nitrogen and oxygen atoms in total. The van der Waals surface area contributed by atoms with E-state index in [-0.39, 0.29) is 29.7 Å². The maximum atomic E-state index is 13.0. The van der Waals surface area contributed by atoms with Gasteiger partial charge in [-0.25, -0.2) is 8.42 Å². The Hall–Kier alpha value is -1.97. The highest BCUT2D eigenvalue weighted by molar-refractivity contribution is 7.89. The van der Waals surface area contributed by atoms with Crippen molar-refractivity contribution < 1.29 is 23.8 Å². The third-order valence-electron chi connectivity index (χ3n) is 4.36. The Balaban J connectivity index is 2.21. The molecule has 2 aromatic carbocycles. The summed E-state index contributed by atoms with van der Waals surface area (Å²) in [5, 5.41) is 29.5. The van der Waals surface area contributed by atoms with Gasteiger partial charge >= 0.3 is 0 Å². The lowest BCUT2D eigenvalue weighted by Gasteiger charge is -2.29. The zero-order valence-corrected chi connectivity index (χ0v) is 16.9. The van der Waals surface area contributed by atoms with E-state index in [0.29, 0.717) is 6.42 Å². The van der Waals surface area contributed by atoms with Crippen LogP contribution in [0.1, 0.15) is 19.4 Å². The summed E-state index contributed by atoms with van der Waals surface area (Å²) in [6.45, 7) is 3.81. The van der Waals surface area contributed by atoms with Crippen LogP contribution in [0.25, 0.3) is 0 Å². The highest BCUT2D eigenvalue weighted by Crippen LogP contribution is 2.21. The van der Waals surface area contributed by atoms with Crippen molar-refractivity contribution in [2.75, 3.05) is 13.1 Å². The van der Waals surface area contributed by atoms with Gasteiger partial charge in [0, 0.05) is 13.1 Å². The third kappa shape index (κ3) is 6.02. The van der Waals surface area contributed by atoms with E-state index in [0.717, 1.165) is 5.56 Å². The maximum Gasteiger partial charge on any atom is 0.243 e. The fourth-order valence-electron chi connectivity index (χ4n) is 2.92. The van der Waals surface area contributed by atoms with Gasteiger partial charge in [0.15, 0.2) is 0 Å². The Kier molecular flexibility index (Phi) is 7.97. The summed E-state index contributed by atoms with van der Waals surface area (Å²) in [4.78, 5) is 0.0368. The van der Waals surface area contributed by atoms with E-state index in [2.05, 4.69) is 5.48 Å². The molecule has 28 heavy (non-hydrogen) atoms. The quantitative estimate of drug-likeness (QED) is 0.448. The number of benzene rings is 2. The molecule has 0 saturated heterocycles. The fraction of sp³-hybridized carbons (Fsp3) is 0.400. The van der Waals surface area contributed by atoms with Crippen molar-refractivity contribution in [2.24, 2.45) is 5.92 Å². The van der Waals surface area contributed by atoms with E-state index in [1.54, 1.807) is 0 Å². The van der Waals surface area contributed by atoms with Crippen LogP contribution >= 0.6 is 0 Å². The fourth-order valence-corrected chi connectivity index (χ4v) is 4.54. The van der Waals surface area contributed by atoms with Gasteiger partial charge in [0.25, 0.3) is 0 Å². The van der Waals surface area contributed by atoms with Gasteiger partial charge in [0.1, 0.15) is 5.75 Å². The molecule has 2 rings (SSSR count). The van der Waals surface area contributed by atoms with E-state index in [1.807, 2.05) is 44.2 Å². The number of hydrogen-bond acceptors (Lipinski definition) is 6. The molecule has 0 aliphatic rings. The van der Waals surface area contributed by atoms with Crippen LogP contribution in [0.4, 0.5) is 0 Å². The van der Waals surface area contributed by atoms with Crippen LogP contribution in [0, 0.1) is 5.92 Å². The Bertz CT molecular complexity index is 825. The zero-order chi connectivity index (χ0) is 20.7. The summed E-state index contributed by atoms with van der Waals surface area (Å²) in [6, 6.07) is 13.9. The number of aromatic hydroxyl groups is 1. The highest BCUT2D eigenvalue weighted by atomic mass is 32.2. The van der Waals surface area contributed by atoms with Crippen molar-refractivity contribution in [1.82, 2.24) is 9.79 Å². The summed E-state index contributed by atoms with van der Waals surface area (Å²) in [7, 11) is -3.87. The molecule has 4 N–H and O–H groups in total. The second kappa shape index (κ2) is 9.99. The number of nitrogens with zero attached hydrogens (tertiary/aromatic N) is 1. The summed E-state index contributed by atoms with van der Waals surface area (Å²) < 4.78 is 27.3. The van der Waals surface area contributed by atoms with Gasteiger partial charge in [0.2, 0.25) is 10.0 Å². The monoisotopic (exact) mass is 408 g/mol. The van der Waals surface area contributed by atoms with E-state index in [1.165, 1.54) is 28.6 Å². The molecule has 2 aromatic rings. The van der Waals surface area contributed by atoms with Crippen LogP contribution in [0.2, 0.25) is 0 Å². The third-order valence-corrected chi connectivity index (χ3v) is 6.21. The molecule has 0 fully saturated rings. The van der Waals surface area contributed by atoms with Crippen molar-refractivity contribution in [2.45, 2.75) is 37.3 Å². The van der Waals surface area contributed by atoms with Crippen molar-refractivity contribution >= 4 is 10.0 Å². The van der Waals surface area contributed by atoms with Crippen LogP contribution in [0.15, 0.2) is 59.5 Å². The molecule has 0 saturated carbocycles. The van der Waals surface area contributed by atoms with Gasteiger partial charge in [0.05, 0.1) is 17.0 Å². The number of phenols is 1. The number of aliphatic hydroxyl groups is 1. The zero-order valence-electron chi connectivity index (χ0n) is 16.1. The summed E-state index contributed by atoms with van der Waals surface area (Å²) in [5.41, 5.74) is 3.01. The predicted octanol–water partition coefficient (Wildman–Crippen LogP) is 1.99. The average Bonchev–Trinajstić information content (AvgIpc) is 2.66. The number of sulfonamides is 1. The van der Waals surface area contributed by atoms with Crippen LogP contribution in [0.3, 0.4) is 0 Å². The molecule has 0 bridgehead atoms. The second-order valence-electron chi connectivity index (χ2n) is 7.20. The minimum atomic E-state index is -3.87. The van der Waals surface area contributed by atoms with Crippen LogP contribution in [0.5, 0.6) is 5.75 Å². The topological polar surface area (TPSA) is 110 Å². The van der Waals surface area contributed by atoms with E-state index < -0.39 is 22.2 Å². The van der Waals surface area contributed by atoms with Crippen molar-refractivity contribution in [3.05, 3.63) is 60.2 Å². The van der Waals surface area contributed by atoms with Crippen LogP contribution in [-0.4, -0.2) is 53.4 Å². The summed E-state index contributed by atoms with van der Waals surface area (Å²) >= 11 is 0. The molecule has 0 amide bonds. The Morgan fingerprint density at radius 2 is 1.61 bits per heavy atom. The van der Waals surface area contributed by atoms with Crippen LogP contribution < -0.4 is 5.48 Å². The molecule has 8 heteroatoms. The minimum Gasteiger partial charge on any atom is -0.508 e. The number of hydroxylamine groups is 1. The lowest BCUT2D eigenvalue weighted by molar-refractivity contribution is 0.0298. The van der Waals surface area contributed by atoms with E-state index in [9.17, 15) is 23.8 Å². The summed E-state index contributed by atoms with van der Waals surface area (Å²) in [5.74, 6) is 0.00977. The number of aliphatic hydroxyl groups excluding tert-OH is 1. The van der Waals surface area contributed by atoms with E-state index in [4.69, 9.17) is 0 Å².